The van der Waals surface area contributed by atoms with Gasteiger partial charge in [-0.3, -0.25) is 14.2 Å². The molecule has 2 atom stereocenters. The van der Waals surface area contributed by atoms with Crippen LogP contribution in [0.2, 0.25) is 0 Å². The van der Waals surface area contributed by atoms with E-state index < -0.39 is 25.2 Å². The van der Waals surface area contributed by atoms with Gasteiger partial charge >= 0.3 is 11.9 Å². The first-order valence-electron chi connectivity index (χ1n) is 11.5. The van der Waals surface area contributed by atoms with Crippen molar-refractivity contribution < 1.29 is 28.2 Å². The van der Waals surface area contributed by atoms with Crippen LogP contribution in [0, 0.1) is 5.92 Å². The molecule has 4 aromatic rings. The zero-order valence-corrected chi connectivity index (χ0v) is 20.2. The fourth-order valence-electron chi connectivity index (χ4n) is 4.17. The van der Waals surface area contributed by atoms with Crippen LogP contribution in [0.25, 0.3) is 11.1 Å². The van der Waals surface area contributed by atoms with Gasteiger partial charge in [0.25, 0.3) is 7.37 Å². The minimum absolute atomic E-state index is 0.214. The summed E-state index contributed by atoms with van der Waals surface area (Å²) in [6, 6.07) is 31.7. The largest absolute Gasteiger partial charge is 0.439 e. The number of carbonyl (C=O) groups is 2. The van der Waals surface area contributed by atoms with E-state index in [1.165, 1.54) is 0 Å². The van der Waals surface area contributed by atoms with Crippen LogP contribution in [0.4, 0.5) is 0 Å². The topological polar surface area (TPSA) is 78.9 Å². The molecule has 0 aromatic heterocycles. The van der Waals surface area contributed by atoms with Crippen molar-refractivity contribution in [2.24, 2.45) is 5.92 Å². The van der Waals surface area contributed by atoms with Crippen molar-refractivity contribution in [3.05, 3.63) is 109 Å². The van der Waals surface area contributed by atoms with Gasteiger partial charge in [-0.05, 0) is 42.0 Å². The third-order valence-corrected chi connectivity index (χ3v) is 8.37. The van der Waals surface area contributed by atoms with Gasteiger partial charge in [-0.25, -0.2) is 0 Å². The fraction of sp³-hybridized carbons (Fsp3) is 0.103. The van der Waals surface area contributed by atoms with Gasteiger partial charge in [0.05, 0.1) is 23.8 Å². The Kier molecular flexibility index (Phi) is 6.70. The molecule has 0 fully saturated rings. The van der Waals surface area contributed by atoms with Crippen LogP contribution in [0.5, 0.6) is 17.2 Å². The number of ether oxygens (including phenoxy) is 2. The van der Waals surface area contributed by atoms with Gasteiger partial charge < -0.3 is 14.0 Å². The van der Waals surface area contributed by atoms with Crippen LogP contribution in [0.15, 0.2) is 109 Å². The molecule has 0 aliphatic carbocycles. The molecule has 1 aliphatic heterocycles. The molecule has 2 unspecified atom stereocenters. The van der Waals surface area contributed by atoms with Crippen molar-refractivity contribution in [1.29, 1.82) is 0 Å². The number of para-hydroxylation sites is 3. The summed E-state index contributed by atoms with van der Waals surface area (Å²) in [5.74, 6) is -1.21. The number of carbonyl (C=O) groups excluding carboxylic acids is 2. The molecular weight excluding hydrogens is 475 g/mol. The second kappa shape index (κ2) is 10.2. The van der Waals surface area contributed by atoms with E-state index in [-0.39, 0.29) is 12.6 Å². The molecule has 0 N–H and O–H groups in total. The SMILES string of the molecule is O=C(CC(CP1(=O)Oc2ccccc2-c2ccccc21)C(=O)Oc1ccccc1)Oc1ccccc1. The Bertz CT molecular complexity index is 1430. The molecular formula is C29H23O6P. The summed E-state index contributed by atoms with van der Waals surface area (Å²) in [6.45, 7) is 0. The number of esters is 2. The van der Waals surface area contributed by atoms with E-state index in [1.807, 2.05) is 24.3 Å². The quantitative estimate of drug-likeness (QED) is 0.180. The summed E-state index contributed by atoms with van der Waals surface area (Å²) in [4.78, 5) is 26.1. The van der Waals surface area contributed by atoms with E-state index in [0.29, 0.717) is 22.6 Å². The molecule has 7 heteroatoms. The maximum Gasteiger partial charge on any atom is 0.315 e. The predicted octanol–water partition coefficient (Wildman–Crippen LogP) is 5.87. The minimum atomic E-state index is -3.60. The van der Waals surface area contributed by atoms with E-state index in [0.717, 1.165) is 11.1 Å². The molecule has 1 heterocycles. The third-order valence-electron chi connectivity index (χ3n) is 5.84. The highest BCUT2D eigenvalue weighted by Crippen LogP contribution is 2.55. The van der Waals surface area contributed by atoms with E-state index >= 15 is 0 Å². The Morgan fingerprint density at radius 1 is 0.694 bits per heavy atom. The Morgan fingerprint density at radius 2 is 1.25 bits per heavy atom. The zero-order valence-electron chi connectivity index (χ0n) is 19.3. The highest BCUT2D eigenvalue weighted by atomic mass is 31.2. The van der Waals surface area contributed by atoms with Gasteiger partial charge in [-0.15, -0.1) is 0 Å². The second-order valence-corrected chi connectivity index (χ2v) is 10.8. The van der Waals surface area contributed by atoms with Crippen molar-refractivity contribution in [3.8, 4) is 28.4 Å². The monoisotopic (exact) mass is 498 g/mol. The average molecular weight is 498 g/mol. The first-order chi connectivity index (χ1) is 17.5. The van der Waals surface area contributed by atoms with E-state index in [9.17, 15) is 14.2 Å². The second-order valence-electron chi connectivity index (χ2n) is 8.38. The highest BCUT2D eigenvalue weighted by Gasteiger charge is 2.41. The summed E-state index contributed by atoms with van der Waals surface area (Å²) in [7, 11) is -3.60. The lowest BCUT2D eigenvalue weighted by Crippen LogP contribution is -2.31. The molecule has 1 aliphatic rings. The van der Waals surface area contributed by atoms with Gasteiger partial charge in [-0.1, -0.05) is 72.8 Å². The summed E-state index contributed by atoms with van der Waals surface area (Å²) < 4.78 is 31.4. The molecule has 5 rings (SSSR count). The summed E-state index contributed by atoms with van der Waals surface area (Å²) in [6.07, 6.45) is -0.536. The van der Waals surface area contributed by atoms with Crippen molar-refractivity contribution >= 4 is 24.6 Å². The Morgan fingerprint density at radius 3 is 1.94 bits per heavy atom. The van der Waals surface area contributed by atoms with Crippen LogP contribution in [-0.4, -0.2) is 18.1 Å². The fourth-order valence-corrected chi connectivity index (χ4v) is 6.75. The average Bonchev–Trinajstić information content (AvgIpc) is 2.89. The molecule has 180 valence electrons. The maximum atomic E-state index is 14.3. The van der Waals surface area contributed by atoms with Crippen LogP contribution in [0.3, 0.4) is 0 Å². The molecule has 0 spiro atoms. The van der Waals surface area contributed by atoms with Crippen LogP contribution >= 0.6 is 7.37 Å². The number of hydrogen-bond acceptors (Lipinski definition) is 6. The maximum absolute atomic E-state index is 14.3. The van der Waals surface area contributed by atoms with E-state index in [4.69, 9.17) is 14.0 Å². The molecule has 0 saturated carbocycles. The molecule has 0 saturated heterocycles. The van der Waals surface area contributed by atoms with Crippen LogP contribution in [-0.2, 0) is 14.2 Å². The van der Waals surface area contributed by atoms with Gasteiger partial charge in [0, 0.05) is 5.56 Å². The van der Waals surface area contributed by atoms with E-state index in [1.54, 1.807) is 84.9 Å². The van der Waals surface area contributed by atoms with Crippen molar-refractivity contribution in [2.45, 2.75) is 6.42 Å². The van der Waals surface area contributed by atoms with Crippen molar-refractivity contribution in [3.63, 3.8) is 0 Å². The molecule has 0 bridgehead atoms. The van der Waals surface area contributed by atoms with Crippen LogP contribution < -0.4 is 19.3 Å². The standard InChI is InChI=1S/C29H23O6P/c30-28(33-22-11-3-1-4-12-22)19-21(29(31)34-23-13-5-2-6-14-23)20-36(32)27-18-10-8-16-25(27)24-15-7-9-17-26(24)35-36/h1-18,21H,19-20H2. The summed E-state index contributed by atoms with van der Waals surface area (Å²) >= 11 is 0. The summed E-state index contributed by atoms with van der Waals surface area (Å²) in [5.41, 5.74) is 1.61. The lowest BCUT2D eigenvalue weighted by molar-refractivity contribution is -0.144. The van der Waals surface area contributed by atoms with Gasteiger partial charge in [0.15, 0.2) is 0 Å². The minimum Gasteiger partial charge on any atom is -0.439 e. The van der Waals surface area contributed by atoms with E-state index in [2.05, 4.69) is 0 Å². The van der Waals surface area contributed by atoms with Crippen molar-refractivity contribution in [1.82, 2.24) is 0 Å². The van der Waals surface area contributed by atoms with Crippen molar-refractivity contribution in [2.75, 3.05) is 6.16 Å². The molecule has 6 nitrogen and oxygen atoms in total. The van der Waals surface area contributed by atoms with Gasteiger partial charge in [0.2, 0.25) is 0 Å². The Hall–Kier alpha value is -4.15. The molecule has 0 radical (unpaired) electrons. The van der Waals surface area contributed by atoms with Gasteiger partial charge in [0.1, 0.15) is 17.2 Å². The Balaban J connectivity index is 1.45. The zero-order chi connectivity index (χ0) is 25.0. The third kappa shape index (κ3) is 5.09. The number of benzene rings is 4. The molecule has 4 aromatic carbocycles. The van der Waals surface area contributed by atoms with Gasteiger partial charge in [-0.2, -0.15) is 0 Å². The smallest absolute Gasteiger partial charge is 0.315 e. The summed E-state index contributed by atoms with van der Waals surface area (Å²) in [5, 5.41) is 0.512. The normalized spacial score (nSPS) is 16.6. The first-order valence-corrected chi connectivity index (χ1v) is 13.3. The highest BCUT2D eigenvalue weighted by molar-refractivity contribution is 7.67. The number of fused-ring (bicyclic) bond motifs is 3. The number of hydrogen-bond donors (Lipinski definition) is 0. The number of rotatable bonds is 7. The molecule has 36 heavy (non-hydrogen) atoms. The molecule has 0 amide bonds. The Labute approximate surface area is 208 Å². The lowest BCUT2D eigenvalue weighted by atomic mass is 10.0. The van der Waals surface area contributed by atoms with Crippen LogP contribution in [0.1, 0.15) is 6.42 Å². The first kappa shape index (κ1) is 23.6. The predicted molar refractivity (Wildman–Crippen MR) is 137 cm³/mol. The lowest BCUT2D eigenvalue weighted by Gasteiger charge is -2.30.